The van der Waals surface area contributed by atoms with Crippen molar-refractivity contribution in [2.75, 3.05) is 0 Å². The number of aromatic nitrogens is 2. The minimum atomic E-state index is -0.415. The summed E-state index contributed by atoms with van der Waals surface area (Å²) in [7, 11) is 1.41. The molecule has 0 aliphatic rings. The standard InChI is InChI=1S/C11H16N2O4/c1-7-5-10(15)12(4)11(16)13(7)6-8(2)17-9(3)14/h5,8H,6H2,1-4H3. The van der Waals surface area contributed by atoms with Gasteiger partial charge >= 0.3 is 11.7 Å². The third-order valence-corrected chi connectivity index (χ3v) is 2.41. The lowest BCUT2D eigenvalue weighted by Gasteiger charge is -2.16. The molecule has 0 bridgehead atoms. The molecule has 1 heterocycles. The van der Waals surface area contributed by atoms with E-state index in [1.807, 2.05) is 0 Å². The molecular formula is C11H16N2O4. The van der Waals surface area contributed by atoms with Crippen LogP contribution in [0.25, 0.3) is 0 Å². The fraction of sp³-hybridized carbons (Fsp3) is 0.545. The molecule has 0 spiro atoms. The molecule has 1 rings (SSSR count). The molecule has 0 aliphatic heterocycles. The number of hydrogen-bond donors (Lipinski definition) is 0. The van der Waals surface area contributed by atoms with Crippen LogP contribution in [0.1, 0.15) is 19.5 Å². The molecule has 0 fully saturated rings. The molecule has 1 atom stereocenters. The Morgan fingerprint density at radius 2 is 2.06 bits per heavy atom. The average molecular weight is 240 g/mol. The van der Waals surface area contributed by atoms with E-state index in [1.54, 1.807) is 13.8 Å². The zero-order chi connectivity index (χ0) is 13.2. The molecule has 0 N–H and O–H groups in total. The van der Waals surface area contributed by atoms with Gasteiger partial charge in [-0.25, -0.2) is 4.79 Å². The first-order valence-corrected chi connectivity index (χ1v) is 5.27. The van der Waals surface area contributed by atoms with Crippen LogP contribution < -0.4 is 11.2 Å². The Bertz CT molecular complexity index is 541. The van der Waals surface area contributed by atoms with Gasteiger partial charge in [-0.3, -0.25) is 18.7 Å². The van der Waals surface area contributed by atoms with E-state index in [-0.39, 0.29) is 12.1 Å². The Labute approximate surface area is 98.4 Å². The maximum atomic E-state index is 11.8. The normalized spacial score (nSPS) is 12.2. The van der Waals surface area contributed by atoms with E-state index in [0.29, 0.717) is 5.69 Å². The molecule has 1 aromatic heterocycles. The summed E-state index contributed by atoms with van der Waals surface area (Å²) >= 11 is 0. The maximum absolute atomic E-state index is 11.8. The predicted octanol–water partition coefficient (Wildman–Crippen LogP) is -0.193. The molecule has 0 saturated carbocycles. The van der Waals surface area contributed by atoms with E-state index < -0.39 is 17.8 Å². The highest BCUT2D eigenvalue weighted by Gasteiger charge is 2.11. The molecule has 0 aliphatic carbocycles. The van der Waals surface area contributed by atoms with Crippen LogP contribution in [0.5, 0.6) is 0 Å². The van der Waals surface area contributed by atoms with Gasteiger partial charge in [-0.15, -0.1) is 0 Å². The molecule has 0 aromatic carbocycles. The van der Waals surface area contributed by atoms with Crippen LogP contribution in [-0.2, 0) is 23.1 Å². The fourth-order valence-corrected chi connectivity index (χ4v) is 1.58. The summed E-state index contributed by atoms with van der Waals surface area (Å²) in [5, 5.41) is 0. The molecule has 6 nitrogen and oxygen atoms in total. The van der Waals surface area contributed by atoms with E-state index >= 15 is 0 Å². The smallest absolute Gasteiger partial charge is 0.331 e. The van der Waals surface area contributed by atoms with Gasteiger partial charge in [0.2, 0.25) is 0 Å². The minimum absolute atomic E-state index is 0.234. The van der Waals surface area contributed by atoms with Gasteiger partial charge in [0, 0.05) is 25.7 Å². The van der Waals surface area contributed by atoms with Crippen molar-refractivity contribution in [1.82, 2.24) is 9.13 Å². The van der Waals surface area contributed by atoms with Gasteiger partial charge in [-0.05, 0) is 13.8 Å². The summed E-state index contributed by atoms with van der Waals surface area (Å²) in [5.74, 6) is -0.395. The third kappa shape index (κ3) is 3.05. The lowest BCUT2D eigenvalue weighted by atomic mass is 10.3. The Kier molecular flexibility index (Phi) is 3.88. The Morgan fingerprint density at radius 1 is 1.47 bits per heavy atom. The molecule has 1 aromatic rings. The molecule has 0 saturated heterocycles. The van der Waals surface area contributed by atoms with Crippen molar-refractivity contribution in [3.63, 3.8) is 0 Å². The zero-order valence-electron chi connectivity index (χ0n) is 10.4. The van der Waals surface area contributed by atoms with Crippen molar-refractivity contribution >= 4 is 5.97 Å². The third-order valence-electron chi connectivity index (χ3n) is 2.41. The second-order valence-electron chi connectivity index (χ2n) is 4.00. The molecule has 6 heteroatoms. The topological polar surface area (TPSA) is 70.3 Å². The van der Waals surface area contributed by atoms with Crippen LogP contribution >= 0.6 is 0 Å². The number of carbonyl (C=O) groups excluding carboxylic acids is 1. The van der Waals surface area contributed by atoms with Crippen molar-refractivity contribution in [2.45, 2.75) is 33.4 Å². The zero-order valence-corrected chi connectivity index (χ0v) is 10.4. The number of rotatable bonds is 3. The lowest BCUT2D eigenvalue weighted by Crippen LogP contribution is -2.40. The number of ether oxygens (including phenoxy) is 1. The fourth-order valence-electron chi connectivity index (χ4n) is 1.58. The van der Waals surface area contributed by atoms with Crippen LogP contribution in [0.15, 0.2) is 15.7 Å². The van der Waals surface area contributed by atoms with Gasteiger partial charge in [-0.2, -0.15) is 0 Å². The van der Waals surface area contributed by atoms with E-state index in [2.05, 4.69) is 0 Å². The summed E-state index contributed by atoms with van der Waals surface area (Å²) in [6, 6.07) is 1.38. The molecule has 0 radical (unpaired) electrons. The SMILES string of the molecule is CC(=O)OC(C)Cn1c(C)cc(=O)n(C)c1=O. The van der Waals surface area contributed by atoms with E-state index in [9.17, 15) is 14.4 Å². The number of carbonyl (C=O) groups is 1. The van der Waals surface area contributed by atoms with Gasteiger partial charge in [0.05, 0.1) is 6.54 Å². The van der Waals surface area contributed by atoms with Crippen molar-refractivity contribution < 1.29 is 9.53 Å². The monoisotopic (exact) mass is 240 g/mol. The summed E-state index contributed by atoms with van der Waals surface area (Å²) in [4.78, 5) is 33.9. The molecule has 1 unspecified atom stereocenters. The number of aryl methyl sites for hydroxylation is 1. The average Bonchev–Trinajstić information content (AvgIpc) is 2.20. The van der Waals surface area contributed by atoms with Crippen LogP contribution in [-0.4, -0.2) is 21.2 Å². The Morgan fingerprint density at radius 3 is 2.59 bits per heavy atom. The summed E-state index contributed by atoms with van der Waals surface area (Å²) in [6.07, 6.45) is -0.415. The van der Waals surface area contributed by atoms with Crippen molar-refractivity contribution in [1.29, 1.82) is 0 Å². The quantitative estimate of drug-likeness (QED) is 0.686. The second kappa shape index (κ2) is 4.99. The highest BCUT2D eigenvalue weighted by Crippen LogP contribution is 1.98. The summed E-state index contributed by atoms with van der Waals surface area (Å²) in [6.45, 7) is 4.91. The summed E-state index contributed by atoms with van der Waals surface area (Å²) in [5.41, 5.74) is -0.199. The number of nitrogens with zero attached hydrogens (tertiary/aromatic N) is 2. The first-order valence-electron chi connectivity index (χ1n) is 5.27. The van der Waals surface area contributed by atoms with Gasteiger partial charge in [0.1, 0.15) is 6.10 Å². The largest absolute Gasteiger partial charge is 0.461 e. The Balaban J connectivity index is 3.08. The number of hydrogen-bond acceptors (Lipinski definition) is 4. The van der Waals surface area contributed by atoms with Crippen molar-refractivity contribution in [3.05, 3.63) is 32.6 Å². The van der Waals surface area contributed by atoms with Crippen molar-refractivity contribution in [2.24, 2.45) is 7.05 Å². The lowest BCUT2D eigenvalue weighted by molar-refractivity contribution is -0.146. The predicted molar refractivity (Wildman–Crippen MR) is 61.9 cm³/mol. The second-order valence-corrected chi connectivity index (χ2v) is 4.00. The maximum Gasteiger partial charge on any atom is 0.331 e. The molecule has 17 heavy (non-hydrogen) atoms. The van der Waals surface area contributed by atoms with Crippen LogP contribution in [0.3, 0.4) is 0 Å². The summed E-state index contributed by atoms with van der Waals surface area (Å²) < 4.78 is 7.38. The van der Waals surface area contributed by atoms with E-state index in [1.165, 1.54) is 24.6 Å². The van der Waals surface area contributed by atoms with Gasteiger partial charge in [0.25, 0.3) is 5.56 Å². The van der Waals surface area contributed by atoms with Crippen LogP contribution in [0.4, 0.5) is 0 Å². The van der Waals surface area contributed by atoms with Gasteiger partial charge in [-0.1, -0.05) is 0 Å². The van der Waals surface area contributed by atoms with Crippen LogP contribution in [0, 0.1) is 6.92 Å². The first kappa shape index (κ1) is 13.2. The van der Waals surface area contributed by atoms with Crippen molar-refractivity contribution in [3.8, 4) is 0 Å². The molecule has 94 valence electrons. The van der Waals surface area contributed by atoms with Crippen LogP contribution in [0.2, 0.25) is 0 Å². The van der Waals surface area contributed by atoms with Gasteiger partial charge in [0.15, 0.2) is 0 Å². The highest BCUT2D eigenvalue weighted by atomic mass is 16.5. The molecule has 0 amide bonds. The minimum Gasteiger partial charge on any atom is -0.461 e. The first-order chi connectivity index (χ1) is 7.82. The number of esters is 1. The Hall–Kier alpha value is -1.85. The highest BCUT2D eigenvalue weighted by molar-refractivity contribution is 5.66. The van der Waals surface area contributed by atoms with E-state index in [0.717, 1.165) is 4.57 Å². The molecular weight excluding hydrogens is 224 g/mol. The van der Waals surface area contributed by atoms with E-state index in [4.69, 9.17) is 4.74 Å². The van der Waals surface area contributed by atoms with Gasteiger partial charge < -0.3 is 4.74 Å².